The van der Waals surface area contributed by atoms with Crippen LogP contribution in [-0.2, 0) is 0 Å². The Morgan fingerprint density at radius 3 is 2.54 bits per heavy atom. The average Bonchev–Trinajstić information content (AvgIpc) is 3.34. The summed E-state index contributed by atoms with van der Waals surface area (Å²) >= 11 is 3.37. The zero-order chi connectivity index (χ0) is 17.9. The number of benzene rings is 1. The molecule has 7 nitrogen and oxygen atoms in total. The Morgan fingerprint density at radius 2 is 1.85 bits per heavy atom. The molecule has 3 aromatic heterocycles. The van der Waals surface area contributed by atoms with Crippen LogP contribution in [0, 0.1) is 0 Å². The zero-order valence-corrected chi connectivity index (χ0v) is 15.0. The molecule has 0 radical (unpaired) electrons. The van der Waals surface area contributed by atoms with Gasteiger partial charge in [-0.25, -0.2) is 14.3 Å². The molecule has 26 heavy (non-hydrogen) atoms. The summed E-state index contributed by atoms with van der Waals surface area (Å²) in [6, 6.07) is 12.5. The molecule has 1 N–H and O–H groups in total. The van der Waals surface area contributed by atoms with Gasteiger partial charge in [-0.3, -0.25) is 4.79 Å². The number of hydrogen-bond acceptors (Lipinski definition) is 4. The molecule has 0 saturated heterocycles. The Kier molecular flexibility index (Phi) is 4.32. The average molecular weight is 409 g/mol. The number of carbonyl (C=O) groups is 1. The summed E-state index contributed by atoms with van der Waals surface area (Å²) in [5, 5.41) is 11.3. The van der Waals surface area contributed by atoms with E-state index in [2.05, 4.69) is 36.4 Å². The number of nitrogens with one attached hydrogen (secondary N) is 1. The van der Waals surface area contributed by atoms with Gasteiger partial charge in [-0.15, -0.1) is 0 Å². The second kappa shape index (κ2) is 6.93. The highest BCUT2D eigenvalue weighted by molar-refractivity contribution is 9.10. The molecule has 1 aromatic carbocycles. The summed E-state index contributed by atoms with van der Waals surface area (Å²) in [5.74, 6) is 0.337. The SMILES string of the molecule is O=C(Nc1cccnc1-n1cccn1)c1ccc(-n2cc(Br)cn2)cc1. The Hall–Kier alpha value is -3.26. The van der Waals surface area contributed by atoms with E-state index < -0.39 is 0 Å². The predicted molar refractivity (Wildman–Crippen MR) is 101 cm³/mol. The highest BCUT2D eigenvalue weighted by atomic mass is 79.9. The van der Waals surface area contributed by atoms with E-state index in [0.29, 0.717) is 17.1 Å². The normalized spacial score (nSPS) is 10.7. The van der Waals surface area contributed by atoms with Gasteiger partial charge in [-0.2, -0.15) is 10.2 Å². The minimum Gasteiger partial charge on any atom is -0.319 e. The number of hydrogen-bond donors (Lipinski definition) is 1. The molecule has 8 heteroatoms. The van der Waals surface area contributed by atoms with Gasteiger partial charge >= 0.3 is 0 Å². The van der Waals surface area contributed by atoms with Crippen molar-refractivity contribution < 1.29 is 4.79 Å². The lowest BCUT2D eigenvalue weighted by Gasteiger charge is -2.10. The fourth-order valence-electron chi connectivity index (χ4n) is 2.47. The second-order valence-electron chi connectivity index (χ2n) is 5.43. The lowest BCUT2D eigenvalue weighted by molar-refractivity contribution is 0.102. The van der Waals surface area contributed by atoms with Crippen LogP contribution in [0.2, 0.25) is 0 Å². The summed E-state index contributed by atoms with van der Waals surface area (Å²) in [5.41, 5.74) is 1.99. The van der Waals surface area contributed by atoms with E-state index in [1.54, 1.807) is 64.5 Å². The maximum absolute atomic E-state index is 12.6. The quantitative estimate of drug-likeness (QED) is 0.560. The molecule has 0 saturated carbocycles. The number of rotatable bonds is 4. The Bertz CT molecular complexity index is 1040. The van der Waals surface area contributed by atoms with Gasteiger partial charge in [0.25, 0.3) is 5.91 Å². The van der Waals surface area contributed by atoms with E-state index in [1.165, 1.54) is 0 Å². The molecule has 0 aliphatic heterocycles. The summed E-state index contributed by atoms with van der Waals surface area (Å²) in [7, 11) is 0. The van der Waals surface area contributed by atoms with Crippen molar-refractivity contribution in [3.63, 3.8) is 0 Å². The monoisotopic (exact) mass is 408 g/mol. The first-order valence-corrected chi connectivity index (χ1v) is 8.57. The van der Waals surface area contributed by atoms with Crippen LogP contribution in [0.4, 0.5) is 5.69 Å². The van der Waals surface area contributed by atoms with Crippen LogP contribution in [-0.4, -0.2) is 30.5 Å². The smallest absolute Gasteiger partial charge is 0.255 e. The van der Waals surface area contributed by atoms with E-state index in [-0.39, 0.29) is 5.91 Å². The van der Waals surface area contributed by atoms with Crippen molar-refractivity contribution in [2.45, 2.75) is 0 Å². The van der Waals surface area contributed by atoms with Gasteiger partial charge in [0.2, 0.25) is 0 Å². The maximum Gasteiger partial charge on any atom is 0.255 e. The number of carbonyl (C=O) groups excluding carboxylic acids is 1. The molecule has 4 aromatic rings. The van der Waals surface area contributed by atoms with E-state index >= 15 is 0 Å². The third-order valence-corrected chi connectivity index (χ3v) is 4.11. The summed E-state index contributed by atoms with van der Waals surface area (Å²) < 4.78 is 4.22. The van der Waals surface area contributed by atoms with Crippen molar-refractivity contribution in [1.82, 2.24) is 24.5 Å². The molecule has 3 heterocycles. The molecular formula is C18H13BrN6O. The van der Waals surface area contributed by atoms with Gasteiger partial charge in [-0.05, 0) is 58.4 Å². The zero-order valence-electron chi connectivity index (χ0n) is 13.5. The highest BCUT2D eigenvalue weighted by Gasteiger charge is 2.11. The van der Waals surface area contributed by atoms with Crippen LogP contribution < -0.4 is 5.32 Å². The summed E-state index contributed by atoms with van der Waals surface area (Å²) in [6.45, 7) is 0. The topological polar surface area (TPSA) is 77.6 Å². The molecule has 128 valence electrons. The molecule has 0 bridgehead atoms. The third kappa shape index (κ3) is 3.27. The summed E-state index contributed by atoms with van der Waals surface area (Å²) in [6.07, 6.45) is 8.65. The van der Waals surface area contributed by atoms with E-state index in [0.717, 1.165) is 10.2 Å². The number of nitrogens with zero attached hydrogens (tertiary/aromatic N) is 5. The van der Waals surface area contributed by atoms with Gasteiger partial charge in [0, 0.05) is 30.4 Å². The van der Waals surface area contributed by atoms with E-state index in [4.69, 9.17) is 0 Å². The van der Waals surface area contributed by atoms with Crippen LogP contribution in [0.1, 0.15) is 10.4 Å². The fourth-order valence-corrected chi connectivity index (χ4v) is 2.76. The number of halogens is 1. The minimum absolute atomic E-state index is 0.223. The first-order chi connectivity index (χ1) is 12.7. The number of anilines is 1. The van der Waals surface area contributed by atoms with Crippen LogP contribution >= 0.6 is 15.9 Å². The van der Waals surface area contributed by atoms with Crippen molar-refractivity contribution in [3.8, 4) is 11.5 Å². The lowest BCUT2D eigenvalue weighted by Crippen LogP contribution is -2.14. The van der Waals surface area contributed by atoms with Crippen molar-refractivity contribution >= 4 is 27.5 Å². The first-order valence-electron chi connectivity index (χ1n) is 7.78. The maximum atomic E-state index is 12.6. The number of pyridine rings is 1. The van der Waals surface area contributed by atoms with Crippen molar-refractivity contribution in [1.29, 1.82) is 0 Å². The van der Waals surface area contributed by atoms with Crippen LogP contribution in [0.25, 0.3) is 11.5 Å². The van der Waals surface area contributed by atoms with Gasteiger partial charge in [0.15, 0.2) is 5.82 Å². The molecule has 4 rings (SSSR count). The molecular weight excluding hydrogens is 396 g/mol. The molecule has 0 aliphatic carbocycles. The standard InChI is InChI=1S/C18H13BrN6O/c19-14-11-22-25(12-14)15-6-4-13(5-7-15)18(26)23-16-3-1-8-20-17(16)24-10-2-9-21-24/h1-12H,(H,23,26). The van der Waals surface area contributed by atoms with E-state index in [9.17, 15) is 4.79 Å². The molecule has 0 atom stereocenters. The van der Waals surface area contributed by atoms with Gasteiger partial charge in [-0.1, -0.05) is 0 Å². The second-order valence-corrected chi connectivity index (χ2v) is 6.34. The summed E-state index contributed by atoms with van der Waals surface area (Å²) in [4.78, 5) is 16.9. The molecule has 0 aliphatic rings. The fraction of sp³-hybridized carbons (Fsp3) is 0. The third-order valence-electron chi connectivity index (χ3n) is 3.70. The Labute approximate surface area is 157 Å². The minimum atomic E-state index is -0.223. The van der Waals surface area contributed by atoms with Crippen molar-refractivity contribution in [2.75, 3.05) is 5.32 Å². The van der Waals surface area contributed by atoms with E-state index in [1.807, 2.05) is 18.3 Å². The molecule has 0 fully saturated rings. The lowest BCUT2D eigenvalue weighted by atomic mass is 10.2. The molecule has 1 amide bonds. The molecule has 0 unspecified atom stereocenters. The largest absolute Gasteiger partial charge is 0.319 e. The van der Waals surface area contributed by atoms with Crippen molar-refractivity contribution in [3.05, 3.63) is 83.5 Å². The number of aromatic nitrogens is 5. The molecule has 0 spiro atoms. The van der Waals surface area contributed by atoms with Gasteiger partial charge in [0.05, 0.1) is 22.0 Å². The van der Waals surface area contributed by atoms with Crippen LogP contribution in [0.3, 0.4) is 0 Å². The van der Waals surface area contributed by atoms with Gasteiger partial charge in [0.1, 0.15) is 0 Å². The Balaban J connectivity index is 1.56. The van der Waals surface area contributed by atoms with Crippen molar-refractivity contribution in [2.24, 2.45) is 0 Å². The highest BCUT2D eigenvalue weighted by Crippen LogP contribution is 2.18. The number of amides is 1. The Morgan fingerprint density at radius 1 is 1.00 bits per heavy atom. The first kappa shape index (κ1) is 16.2. The van der Waals surface area contributed by atoms with Gasteiger partial charge < -0.3 is 5.32 Å². The van der Waals surface area contributed by atoms with Crippen LogP contribution in [0.15, 0.2) is 77.9 Å². The predicted octanol–water partition coefficient (Wildman–Crippen LogP) is 3.47. The van der Waals surface area contributed by atoms with Crippen LogP contribution in [0.5, 0.6) is 0 Å².